The van der Waals surface area contributed by atoms with E-state index in [1.54, 1.807) is 24.3 Å². The van der Waals surface area contributed by atoms with E-state index in [9.17, 15) is 19.3 Å². The van der Waals surface area contributed by atoms with E-state index in [4.69, 9.17) is 9.47 Å². The first kappa shape index (κ1) is 19.5. The molecule has 0 aliphatic carbocycles. The fourth-order valence-corrected chi connectivity index (χ4v) is 3.76. The van der Waals surface area contributed by atoms with Gasteiger partial charge in [0.15, 0.2) is 11.5 Å². The van der Waals surface area contributed by atoms with Crippen LogP contribution in [-0.2, 0) is 0 Å². The highest BCUT2D eigenvalue weighted by Gasteiger charge is 2.17. The molecule has 0 aliphatic heterocycles. The Labute approximate surface area is 173 Å². The van der Waals surface area contributed by atoms with Crippen molar-refractivity contribution in [2.24, 2.45) is 0 Å². The summed E-state index contributed by atoms with van der Waals surface area (Å²) in [6, 6.07) is 14.6. The van der Waals surface area contributed by atoms with Crippen LogP contribution in [0, 0.1) is 15.9 Å². The van der Waals surface area contributed by atoms with Crippen LogP contribution < -0.4 is 9.47 Å². The lowest BCUT2D eigenvalue weighted by Gasteiger charge is -2.10. The molecule has 0 unspecified atom stereocenters. The number of halogens is 1. The van der Waals surface area contributed by atoms with Gasteiger partial charge in [0.05, 0.1) is 27.8 Å². The topological polar surface area (TPSA) is 91.6 Å². The van der Waals surface area contributed by atoms with Gasteiger partial charge in [-0.1, -0.05) is 6.07 Å². The molecule has 0 saturated heterocycles. The highest BCUT2D eigenvalue weighted by molar-refractivity contribution is 7.21. The number of hydrogen-bond donors (Lipinski definition) is 0. The number of aromatic nitrogens is 1. The number of nitro benzene ring substituents is 1. The standard InChI is InChI=1S/C21H13FN2O5S/c1-28-18-10-12(20-23-16-11-14(22)6-8-19(16)30-20)5-7-17(18)29-21(25)13-3-2-4-15(9-13)24(26)27/h2-11H,1H3. The van der Waals surface area contributed by atoms with Crippen molar-refractivity contribution in [3.05, 3.63) is 82.2 Å². The molecule has 7 nitrogen and oxygen atoms in total. The lowest BCUT2D eigenvalue weighted by Crippen LogP contribution is -2.09. The fourth-order valence-electron chi connectivity index (χ4n) is 2.81. The number of nitrogens with zero attached hydrogens (tertiary/aromatic N) is 2. The number of rotatable bonds is 5. The van der Waals surface area contributed by atoms with Crippen molar-refractivity contribution >= 4 is 33.2 Å². The summed E-state index contributed by atoms with van der Waals surface area (Å²) >= 11 is 1.39. The summed E-state index contributed by atoms with van der Waals surface area (Å²) in [6.45, 7) is 0. The molecule has 0 aliphatic rings. The van der Waals surface area contributed by atoms with Crippen molar-refractivity contribution in [2.45, 2.75) is 0 Å². The maximum absolute atomic E-state index is 13.4. The molecule has 0 amide bonds. The van der Waals surface area contributed by atoms with Crippen LogP contribution >= 0.6 is 11.3 Å². The molecule has 1 heterocycles. The summed E-state index contributed by atoms with van der Waals surface area (Å²) in [5, 5.41) is 11.6. The number of carbonyl (C=O) groups is 1. The Morgan fingerprint density at radius 1 is 1.10 bits per heavy atom. The van der Waals surface area contributed by atoms with Crippen LogP contribution in [-0.4, -0.2) is 23.0 Å². The predicted molar refractivity (Wildman–Crippen MR) is 110 cm³/mol. The van der Waals surface area contributed by atoms with Crippen molar-refractivity contribution in [2.75, 3.05) is 7.11 Å². The first-order valence-corrected chi connectivity index (χ1v) is 9.47. The second-order valence-corrected chi connectivity index (χ2v) is 7.22. The predicted octanol–water partition coefficient (Wildman–Crippen LogP) is 5.24. The first-order chi connectivity index (χ1) is 14.4. The van der Waals surface area contributed by atoms with Gasteiger partial charge in [-0.15, -0.1) is 11.3 Å². The maximum atomic E-state index is 13.4. The first-order valence-electron chi connectivity index (χ1n) is 8.66. The van der Waals surface area contributed by atoms with Gasteiger partial charge in [0.2, 0.25) is 0 Å². The normalized spacial score (nSPS) is 10.7. The molecule has 150 valence electrons. The lowest BCUT2D eigenvalue weighted by molar-refractivity contribution is -0.384. The zero-order valence-corrected chi connectivity index (χ0v) is 16.3. The van der Waals surface area contributed by atoms with Crippen molar-refractivity contribution in [3.63, 3.8) is 0 Å². The highest BCUT2D eigenvalue weighted by atomic mass is 32.1. The van der Waals surface area contributed by atoms with Gasteiger partial charge in [-0.3, -0.25) is 10.1 Å². The molecule has 4 rings (SSSR count). The van der Waals surface area contributed by atoms with Crippen LogP contribution in [0.25, 0.3) is 20.8 Å². The van der Waals surface area contributed by atoms with Crippen molar-refractivity contribution in [1.82, 2.24) is 4.98 Å². The van der Waals surface area contributed by atoms with Crippen molar-refractivity contribution < 1.29 is 23.6 Å². The number of non-ortho nitro benzene ring substituents is 1. The summed E-state index contributed by atoms with van der Waals surface area (Å²) in [6.07, 6.45) is 0. The minimum atomic E-state index is -0.750. The third kappa shape index (κ3) is 3.83. The van der Waals surface area contributed by atoms with Crippen LogP contribution in [0.5, 0.6) is 11.5 Å². The molecule has 0 saturated carbocycles. The second kappa shape index (κ2) is 7.88. The third-order valence-electron chi connectivity index (χ3n) is 4.26. The summed E-state index contributed by atoms with van der Waals surface area (Å²) in [4.78, 5) is 27.2. The smallest absolute Gasteiger partial charge is 0.343 e. The quantitative estimate of drug-likeness (QED) is 0.188. The van der Waals surface area contributed by atoms with Crippen LogP contribution in [0.1, 0.15) is 10.4 Å². The minimum Gasteiger partial charge on any atom is -0.493 e. The number of thiazole rings is 1. The lowest BCUT2D eigenvalue weighted by atomic mass is 10.2. The Balaban J connectivity index is 1.62. The summed E-state index contributed by atoms with van der Waals surface area (Å²) in [7, 11) is 1.43. The largest absolute Gasteiger partial charge is 0.493 e. The average molecular weight is 424 g/mol. The molecule has 0 bridgehead atoms. The number of nitro groups is 1. The van der Waals surface area contributed by atoms with Crippen LogP contribution in [0.2, 0.25) is 0 Å². The number of esters is 1. The molecule has 4 aromatic rings. The SMILES string of the molecule is COc1cc(-c2nc3cc(F)ccc3s2)ccc1OC(=O)c1cccc([N+](=O)[O-])c1. The molecule has 0 spiro atoms. The van der Waals surface area contributed by atoms with E-state index in [2.05, 4.69) is 4.98 Å². The number of carbonyl (C=O) groups excluding carboxylic acids is 1. The summed E-state index contributed by atoms with van der Waals surface area (Å²) in [5.74, 6) is -0.665. The van der Waals surface area contributed by atoms with Gasteiger partial charge in [-0.2, -0.15) is 0 Å². The molecular weight excluding hydrogens is 411 g/mol. The van der Waals surface area contributed by atoms with Crippen molar-refractivity contribution in [3.8, 4) is 22.1 Å². The van der Waals surface area contributed by atoms with Gasteiger partial charge in [-0.05, 0) is 36.4 Å². The number of methoxy groups -OCH3 is 1. The zero-order chi connectivity index (χ0) is 21.3. The molecular formula is C21H13FN2O5S. The highest BCUT2D eigenvalue weighted by Crippen LogP contribution is 2.36. The van der Waals surface area contributed by atoms with Crippen LogP contribution in [0.4, 0.5) is 10.1 Å². The van der Waals surface area contributed by atoms with E-state index in [1.165, 1.54) is 48.8 Å². The monoisotopic (exact) mass is 424 g/mol. The number of hydrogen-bond acceptors (Lipinski definition) is 7. The summed E-state index contributed by atoms with van der Waals surface area (Å²) in [5.41, 5.74) is 1.10. The van der Waals surface area contributed by atoms with E-state index in [0.29, 0.717) is 16.1 Å². The van der Waals surface area contributed by atoms with E-state index in [-0.39, 0.29) is 28.6 Å². The maximum Gasteiger partial charge on any atom is 0.343 e. The number of ether oxygens (including phenoxy) is 2. The number of fused-ring (bicyclic) bond motifs is 1. The van der Waals surface area contributed by atoms with E-state index in [1.807, 2.05) is 0 Å². The average Bonchev–Trinajstić information content (AvgIpc) is 3.17. The summed E-state index contributed by atoms with van der Waals surface area (Å²) < 4.78 is 24.9. The van der Waals surface area contributed by atoms with E-state index >= 15 is 0 Å². The van der Waals surface area contributed by atoms with Gasteiger partial charge in [-0.25, -0.2) is 14.2 Å². The third-order valence-corrected chi connectivity index (χ3v) is 5.34. The number of benzene rings is 3. The van der Waals surface area contributed by atoms with Gasteiger partial charge >= 0.3 is 5.97 Å². The van der Waals surface area contributed by atoms with Gasteiger partial charge in [0.25, 0.3) is 5.69 Å². The Kier molecular flexibility index (Phi) is 5.11. The second-order valence-electron chi connectivity index (χ2n) is 6.19. The molecule has 0 atom stereocenters. The molecule has 0 N–H and O–H groups in total. The molecule has 3 aromatic carbocycles. The van der Waals surface area contributed by atoms with Crippen LogP contribution in [0.15, 0.2) is 60.7 Å². The van der Waals surface area contributed by atoms with Gasteiger partial charge in [0.1, 0.15) is 10.8 Å². The Bertz CT molecular complexity index is 1290. The van der Waals surface area contributed by atoms with Gasteiger partial charge in [0, 0.05) is 23.8 Å². The Morgan fingerprint density at radius 2 is 1.93 bits per heavy atom. The molecule has 30 heavy (non-hydrogen) atoms. The van der Waals surface area contributed by atoms with E-state index < -0.39 is 10.9 Å². The van der Waals surface area contributed by atoms with Crippen molar-refractivity contribution in [1.29, 1.82) is 0 Å². The zero-order valence-electron chi connectivity index (χ0n) is 15.5. The molecule has 1 aromatic heterocycles. The molecule has 9 heteroatoms. The van der Waals surface area contributed by atoms with Crippen LogP contribution in [0.3, 0.4) is 0 Å². The Hall–Kier alpha value is -3.85. The van der Waals surface area contributed by atoms with Gasteiger partial charge < -0.3 is 9.47 Å². The van der Waals surface area contributed by atoms with E-state index in [0.717, 1.165) is 10.8 Å². The molecule has 0 radical (unpaired) electrons. The molecule has 0 fully saturated rings. The fraction of sp³-hybridized carbons (Fsp3) is 0.0476. The Morgan fingerprint density at radius 3 is 2.70 bits per heavy atom. The minimum absolute atomic E-state index is 0.0449.